The maximum Gasteiger partial charge on any atom is 0.226 e. The van der Waals surface area contributed by atoms with Crippen molar-refractivity contribution >= 4 is 16.0 Å². The number of hydrogen-bond acceptors (Lipinski definition) is 6. The van der Waals surface area contributed by atoms with Crippen LogP contribution in [0.3, 0.4) is 0 Å². The molecule has 1 saturated carbocycles. The van der Waals surface area contributed by atoms with Crippen LogP contribution in [0.4, 0.5) is 5.95 Å². The Kier molecular flexibility index (Phi) is 4.02. The summed E-state index contributed by atoms with van der Waals surface area (Å²) in [5, 5.41) is 8.74. The molecule has 3 rings (SSSR count). The minimum Gasteiger partial charge on any atom is -0.339 e. The van der Waals surface area contributed by atoms with E-state index in [1.807, 2.05) is 11.0 Å². The summed E-state index contributed by atoms with van der Waals surface area (Å²) in [5.41, 5.74) is 0.325. The normalized spacial score (nSPS) is 22.6. The van der Waals surface area contributed by atoms with Gasteiger partial charge in [-0.2, -0.15) is 9.57 Å². The molecular formula is C14H19N5O2S. The zero-order chi connectivity index (χ0) is 15.7. The zero-order valence-electron chi connectivity index (χ0n) is 12.5. The molecule has 0 amide bonds. The molecule has 1 aliphatic carbocycles. The van der Waals surface area contributed by atoms with Gasteiger partial charge in [-0.05, 0) is 31.7 Å². The van der Waals surface area contributed by atoms with Gasteiger partial charge in [0.2, 0.25) is 16.0 Å². The minimum absolute atomic E-state index is 0.0614. The van der Waals surface area contributed by atoms with Gasteiger partial charge in [-0.15, -0.1) is 0 Å². The highest BCUT2D eigenvalue weighted by molar-refractivity contribution is 7.90. The van der Waals surface area contributed by atoms with Gasteiger partial charge in [0.1, 0.15) is 11.8 Å². The standard InChI is InChI=1S/C14H19N5O2S/c1-18(22(20,21)13-4-5-13)12-3-2-8-19(10-12)14-16-7-6-11(9-15)17-14/h6-7,12-13H,2-5,8,10H2,1H3. The average Bonchev–Trinajstić information content (AvgIpc) is 3.39. The number of nitrogens with zero attached hydrogens (tertiary/aromatic N) is 5. The Hall–Kier alpha value is -1.72. The van der Waals surface area contributed by atoms with Crippen LogP contribution in [0.25, 0.3) is 0 Å². The van der Waals surface area contributed by atoms with Gasteiger partial charge < -0.3 is 4.90 Å². The third-order valence-electron chi connectivity index (χ3n) is 4.30. The Morgan fingerprint density at radius 2 is 2.18 bits per heavy atom. The SMILES string of the molecule is CN(C1CCCN(c2nccc(C#N)n2)C1)S(=O)(=O)C1CC1. The molecule has 0 radical (unpaired) electrons. The van der Waals surface area contributed by atoms with Crippen molar-refractivity contribution in [3.05, 3.63) is 18.0 Å². The molecule has 1 saturated heterocycles. The van der Waals surface area contributed by atoms with Gasteiger partial charge in [-0.3, -0.25) is 0 Å². The first-order valence-corrected chi connectivity index (χ1v) is 8.97. The van der Waals surface area contributed by atoms with Crippen LogP contribution in [-0.4, -0.2) is 54.1 Å². The highest BCUT2D eigenvalue weighted by atomic mass is 32.2. The van der Waals surface area contributed by atoms with Gasteiger partial charge in [0.25, 0.3) is 0 Å². The van der Waals surface area contributed by atoms with Crippen molar-refractivity contribution in [2.75, 3.05) is 25.0 Å². The Bertz CT molecular complexity index is 695. The van der Waals surface area contributed by atoms with Crippen LogP contribution in [0.15, 0.2) is 12.3 Å². The van der Waals surface area contributed by atoms with E-state index in [0.29, 0.717) is 18.2 Å². The maximum absolute atomic E-state index is 12.4. The van der Waals surface area contributed by atoms with Crippen molar-refractivity contribution in [2.24, 2.45) is 0 Å². The Balaban J connectivity index is 1.75. The lowest BCUT2D eigenvalue weighted by Crippen LogP contribution is -2.49. The molecule has 0 aromatic carbocycles. The summed E-state index contributed by atoms with van der Waals surface area (Å²) in [7, 11) is -1.50. The minimum atomic E-state index is -3.17. The number of aromatic nitrogens is 2. The molecule has 1 unspecified atom stereocenters. The van der Waals surface area contributed by atoms with E-state index in [0.717, 1.165) is 32.2 Å². The highest BCUT2D eigenvalue weighted by Crippen LogP contribution is 2.32. The predicted octanol–water partition coefficient (Wildman–Crippen LogP) is 0.741. The summed E-state index contributed by atoms with van der Waals surface area (Å²) >= 11 is 0. The molecule has 2 fully saturated rings. The van der Waals surface area contributed by atoms with E-state index in [-0.39, 0.29) is 11.3 Å². The summed E-state index contributed by atoms with van der Waals surface area (Å²) in [4.78, 5) is 10.4. The van der Waals surface area contributed by atoms with Gasteiger partial charge in [0.15, 0.2) is 0 Å². The van der Waals surface area contributed by atoms with E-state index < -0.39 is 10.0 Å². The molecule has 0 spiro atoms. The summed E-state index contributed by atoms with van der Waals surface area (Å²) in [6.45, 7) is 1.35. The van der Waals surface area contributed by atoms with Crippen LogP contribution < -0.4 is 4.90 Å². The van der Waals surface area contributed by atoms with Gasteiger partial charge in [-0.25, -0.2) is 18.4 Å². The maximum atomic E-state index is 12.4. The first-order valence-electron chi connectivity index (χ1n) is 7.47. The van der Waals surface area contributed by atoms with Crippen molar-refractivity contribution < 1.29 is 8.42 Å². The fraction of sp³-hybridized carbons (Fsp3) is 0.643. The van der Waals surface area contributed by atoms with Crippen molar-refractivity contribution in [3.63, 3.8) is 0 Å². The molecule has 118 valence electrons. The van der Waals surface area contributed by atoms with E-state index in [9.17, 15) is 8.42 Å². The van der Waals surface area contributed by atoms with Gasteiger partial charge in [-0.1, -0.05) is 0 Å². The average molecular weight is 321 g/mol. The summed E-state index contributed by atoms with van der Waals surface area (Å²) < 4.78 is 26.3. The van der Waals surface area contributed by atoms with Crippen LogP contribution in [0.1, 0.15) is 31.4 Å². The monoisotopic (exact) mass is 321 g/mol. The molecule has 0 bridgehead atoms. The first-order chi connectivity index (χ1) is 10.5. The second-order valence-electron chi connectivity index (χ2n) is 5.86. The lowest BCUT2D eigenvalue weighted by Gasteiger charge is -2.37. The van der Waals surface area contributed by atoms with Crippen molar-refractivity contribution in [2.45, 2.75) is 37.0 Å². The largest absolute Gasteiger partial charge is 0.339 e. The molecule has 1 aliphatic heterocycles. The first kappa shape index (κ1) is 15.2. The van der Waals surface area contributed by atoms with E-state index >= 15 is 0 Å². The van der Waals surface area contributed by atoms with Crippen LogP contribution in [0, 0.1) is 11.3 Å². The third kappa shape index (κ3) is 2.91. The molecule has 0 N–H and O–H groups in total. The predicted molar refractivity (Wildman–Crippen MR) is 81.7 cm³/mol. The topological polar surface area (TPSA) is 90.2 Å². The van der Waals surface area contributed by atoms with Crippen LogP contribution in [-0.2, 0) is 10.0 Å². The van der Waals surface area contributed by atoms with E-state index in [2.05, 4.69) is 9.97 Å². The van der Waals surface area contributed by atoms with Crippen LogP contribution >= 0.6 is 0 Å². The van der Waals surface area contributed by atoms with Gasteiger partial charge in [0.05, 0.1) is 5.25 Å². The number of likely N-dealkylation sites (N-methyl/N-ethyl adjacent to an activating group) is 1. The number of rotatable bonds is 4. The van der Waals surface area contributed by atoms with Crippen LogP contribution in [0.2, 0.25) is 0 Å². The van der Waals surface area contributed by atoms with Gasteiger partial charge in [0, 0.05) is 32.4 Å². The van der Waals surface area contributed by atoms with Gasteiger partial charge >= 0.3 is 0 Å². The van der Waals surface area contributed by atoms with Crippen molar-refractivity contribution in [1.82, 2.24) is 14.3 Å². The summed E-state index contributed by atoms with van der Waals surface area (Å²) in [6, 6.07) is 3.51. The van der Waals surface area contributed by atoms with Crippen LogP contribution in [0.5, 0.6) is 0 Å². The number of hydrogen-bond donors (Lipinski definition) is 0. The molecule has 2 heterocycles. The van der Waals surface area contributed by atoms with E-state index in [4.69, 9.17) is 5.26 Å². The Morgan fingerprint density at radius 1 is 1.41 bits per heavy atom. The molecule has 8 heteroatoms. The van der Waals surface area contributed by atoms with E-state index in [1.54, 1.807) is 19.3 Å². The highest BCUT2D eigenvalue weighted by Gasteiger charge is 2.41. The Labute approximate surface area is 130 Å². The number of anilines is 1. The van der Waals surface area contributed by atoms with E-state index in [1.165, 1.54) is 4.31 Å². The number of nitriles is 1. The summed E-state index contributed by atoms with van der Waals surface area (Å²) in [6.07, 6.45) is 4.84. The zero-order valence-corrected chi connectivity index (χ0v) is 13.3. The Morgan fingerprint density at radius 3 is 2.86 bits per heavy atom. The number of piperidine rings is 1. The fourth-order valence-corrected chi connectivity index (χ4v) is 4.59. The smallest absolute Gasteiger partial charge is 0.226 e. The molecule has 1 aromatic heterocycles. The fourth-order valence-electron chi connectivity index (χ4n) is 2.81. The number of sulfonamides is 1. The molecule has 7 nitrogen and oxygen atoms in total. The molecule has 2 aliphatic rings. The molecular weight excluding hydrogens is 302 g/mol. The second-order valence-corrected chi connectivity index (χ2v) is 8.13. The van der Waals surface area contributed by atoms with Crippen molar-refractivity contribution in [3.8, 4) is 6.07 Å². The summed E-state index contributed by atoms with van der Waals surface area (Å²) in [5.74, 6) is 0.501. The second kappa shape index (κ2) is 5.82. The van der Waals surface area contributed by atoms with Crippen molar-refractivity contribution in [1.29, 1.82) is 5.26 Å². The quantitative estimate of drug-likeness (QED) is 0.812. The molecule has 1 atom stereocenters. The third-order valence-corrected chi connectivity index (χ3v) is 6.71. The lowest BCUT2D eigenvalue weighted by molar-refractivity contribution is 0.318. The molecule has 1 aromatic rings. The lowest BCUT2D eigenvalue weighted by atomic mass is 10.1. The molecule has 22 heavy (non-hydrogen) atoms.